The molecule has 0 spiro atoms. The fraction of sp³-hybridized carbons (Fsp3) is 0.200. The van der Waals surface area contributed by atoms with E-state index in [-0.39, 0.29) is 0 Å². The lowest BCUT2D eigenvalue weighted by Crippen LogP contribution is -2.04. The van der Waals surface area contributed by atoms with Crippen LogP contribution in [0.15, 0.2) is 42.7 Å². The standard InChI is InChI=1S/C25H23N7/c1-15-11-17(5-4-10-26)12-16(2)21(15)30-25-31-23-22(27-14-28-23)24(32-25)29-20-9-8-18-6-3-7-19(18)13-20/h4-5,8-9,11-14H,3,6-7H2,1-2H3,(H3,27,28,29,30,31,32). The molecule has 2 heterocycles. The highest BCUT2D eigenvalue weighted by Crippen LogP contribution is 2.30. The van der Waals surface area contributed by atoms with Gasteiger partial charge in [-0.25, -0.2) is 4.98 Å². The lowest BCUT2D eigenvalue weighted by molar-refractivity contribution is 0.912. The molecule has 0 amide bonds. The zero-order chi connectivity index (χ0) is 22.1. The molecule has 5 rings (SSSR count). The summed E-state index contributed by atoms with van der Waals surface area (Å²) in [4.78, 5) is 16.8. The summed E-state index contributed by atoms with van der Waals surface area (Å²) in [6.07, 6.45) is 8.41. The Hall–Kier alpha value is -4.18. The highest BCUT2D eigenvalue weighted by molar-refractivity contribution is 5.86. The molecule has 0 saturated carbocycles. The van der Waals surface area contributed by atoms with E-state index >= 15 is 0 Å². The SMILES string of the molecule is Cc1cc(C=CC#N)cc(C)c1Nc1nc(Nc2ccc3c(c2)CCC3)c2[nH]cnc2n1. The normalized spacial score (nSPS) is 12.8. The molecule has 32 heavy (non-hydrogen) atoms. The minimum Gasteiger partial charge on any atom is -0.340 e. The van der Waals surface area contributed by atoms with E-state index in [1.807, 2.05) is 32.0 Å². The summed E-state index contributed by atoms with van der Waals surface area (Å²) < 4.78 is 0. The number of aromatic amines is 1. The Bertz CT molecular complexity index is 1370. The molecular formula is C25H23N7. The van der Waals surface area contributed by atoms with Crippen LogP contribution < -0.4 is 10.6 Å². The number of aromatic nitrogens is 4. The number of allylic oxidation sites excluding steroid dienone is 1. The average Bonchev–Trinajstić information content (AvgIpc) is 3.44. The molecule has 4 aromatic rings. The van der Waals surface area contributed by atoms with Gasteiger partial charge in [0.05, 0.1) is 12.4 Å². The first kappa shape index (κ1) is 19.8. The lowest BCUT2D eigenvalue weighted by Gasteiger charge is -2.14. The lowest BCUT2D eigenvalue weighted by atomic mass is 10.0. The van der Waals surface area contributed by atoms with E-state index in [1.165, 1.54) is 23.6 Å². The first-order valence-corrected chi connectivity index (χ1v) is 10.6. The molecule has 158 valence electrons. The van der Waals surface area contributed by atoms with Crippen molar-refractivity contribution in [2.75, 3.05) is 10.6 Å². The van der Waals surface area contributed by atoms with Crippen LogP contribution >= 0.6 is 0 Å². The molecule has 7 heteroatoms. The predicted octanol–water partition coefficient (Wildman–Crippen LogP) is 5.48. The van der Waals surface area contributed by atoms with Crippen LogP contribution in [-0.4, -0.2) is 19.9 Å². The Labute approximate surface area is 186 Å². The molecule has 0 atom stereocenters. The second kappa shape index (κ2) is 8.16. The number of anilines is 4. The Morgan fingerprint density at radius 1 is 1.03 bits per heavy atom. The van der Waals surface area contributed by atoms with Crippen LogP contribution in [0.4, 0.5) is 23.1 Å². The van der Waals surface area contributed by atoms with Gasteiger partial charge in [0.25, 0.3) is 0 Å². The predicted molar refractivity (Wildman–Crippen MR) is 127 cm³/mol. The van der Waals surface area contributed by atoms with Crippen molar-refractivity contribution >= 4 is 40.4 Å². The summed E-state index contributed by atoms with van der Waals surface area (Å²) in [6, 6.07) is 12.6. The second-order valence-electron chi connectivity index (χ2n) is 8.08. The van der Waals surface area contributed by atoms with E-state index in [0.717, 1.165) is 46.4 Å². The maximum atomic E-state index is 8.78. The van der Waals surface area contributed by atoms with Gasteiger partial charge in [-0.05, 0) is 91.3 Å². The van der Waals surface area contributed by atoms with Gasteiger partial charge in [0.2, 0.25) is 5.95 Å². The van der Waals surface area contributed by atoms with E-state index in [2.05, 4.69) is 43.8 Å². The summed E-state index contributed by atoms with van der Waals surface area (Å²) >= 11 is 0. The molecule has 2 aromatic heterocycles. The molecule has 7 nitrogen and oxygen atoms in total. The number of imidazole rings is 1. The summed E-state index contributed by atoms with van der Waals surface area (Å²) in [5.41, 5.74) is 9.21. The van der Waals surface area contributed by atoms with Crippen molar-refractivity contribution in [3.8, 4) is 6.07 Å². The average molecular weight is 422 g/mol. The van der Waals surface area contributed by atoms with Crippen molar-refractivity contribution in [1.82, 2.24) is 19.9 Å². The number of hydrogen-bond acceptors (Lipinski definition) is 6. The number of nitrogens with zero attached hydrogens (tertiary/aromatic N) is 4. The number of rotatable bonds is 5. The number of hydrogen-bond donors (Lipinski definition) is 3. The first-order chi connectivity index (χ1) is 15.6. The maximum Gasteiger partial charge on any atom is 0.231 e. The van der Waals surface area contributed by atoms with Crippen molar-refractivity contribution in [1.29, 1.82) is 5.26 Å². The quantitative estimate of drug-likeness (QED) is 0.369. The third-order valence-corrected chi connectivity index (χ3v) is 5.79. The zero-order valence-electron chi connectivity index (χ0n) is 18.0. The Balaban J connectivity index is 1.48. The smallest absolute Gasteiger partial charge is 0.231 e. The van der Waals surface area contributed by atoms with E-state index in [4.69, 9.17) is 10.2 Å². The molecule has 0 fully saturated rings. The maximum absolute atomic E-state index is 8.78. The monoisotopic (exact) mass is 421 g/mol. The largest absolute Gasteiger partial charge is 0.340 e. The van der Waals surface area contributed by atoms with Gasteiger partial charge in [0.15, 0.2) is 11.5 Å². The Kier molecular flexibility index (Phi) is 5.04. The van der Waals surface area contributed by atoms with E-state index in [1.54, 1.807) is 12.4 Å². The molecule has 0 aliphatic heterocycles. The number of H-pyrrole nitrogens is 1. The molecule has 0 unspecified atom stereocenters. The van der Waals surface area contributed by atoms with Gasteiger partial charge in [0, 0.05) is 17.5 Å². The number of benzene rings is 2. The van der Waals surface area contributed by atoms with Crippen molar-refractivity contribution < 1.29 is 0 Å². The first-order valence-electron chi connectivity index (χ1n) is 10.6. The molecule has 0 bridgehead atoms. The van der Waals surface area contributed by atoms with E-state index in [0.29, 0.717) is 17.4 Å². The number of aryl methyl sites for hydroxylation is 4. The van der Waals surface area contributed by atoms with Crippen molar-refractivity contribution in [3.05, 3.63) is 70.6 Å². The topological polar surface area (TPSA) is 102 Å². The van der Waals surface area contributed by atoms with Crippen LogP contribution in [0.5, 0.6) is 0 Å². The molecule has 3 N–H and O–H groups in total. The highest BCUT2D eigenvalue weighted by Gasteiger charge is 2.15. The molecule has 0 radical (unpaired) electrons. The van der Waals surface area contributed by atoms with E-state index < -0.39 is 0 Å². The van der Waals surface area contributed by atoms with Crippen molar-refractivity contribution in [2.24, 2.45) is 0 Å². The minimum absolute atomic E-state index is 0.472. The summed E-state index contributed by atoms with van der Waals surface area (Å²) in [6.45, 7) is 4.05. The van der Waals surface area contributed by atoms with Crippen LogP contribution in [0.3, 0.4) is 0 Å². The Morgan fingerprint density at radius 2 is 1.84 bits per heavy atom. The fourth-order valence-corrected chi connectivity index (χ4v) is 4.30. The number of nitrogens with one attached hydrogen (secondary N) is 3. The summed E-state index contributed by atoms with van der Waals surface area (Å²) in [5.74, 6) is 1.15. The number of fused-ring (bicyclic) bond motifs is 2. The van der Waals surface area contributed by atoms with Crippen LogP contribution in [0, 0.1) is 25.2 Å². The van der Waals surface area contributed by atoms with Crippen molar-refractivity contribution in [3.63, 3.8) is 0 Å². The van der Waals surface area contributed by atoms with Gasteiger partial charge >= 0.3 is 0 Å². The Morgan fingerprint density at radius 3 is 2.66 bits per heavy atom. The fourth-order valence-electron chi connectivity index (χ4n) is 4.30. The minimum atomic E-state index is 0.472. The van der Waals surface area contributed by atoms with Crippen LogP contribution in [0.2, 0.25) is 0 Å². The van der Waals surface area contributed by atoms with Crippen LogP contribution in [0.1, 0.15) is 34.2 Å². The second-order valence-corrected chi connectivity index (χ2v) is 8.08. The van der Waals surface area contributed by atoms with Gasteiger partial charge in [-0.2, -0.15) is 15.2 Å². The van der Waals surface area contributed by atoms with Gasteiger partial charge in [-0.1, -0.05) is 6.07 Å². The third-order valence-electron chi connectivity index (χ3n) is 5.79. The highest BCUT2D eigenvalue weighted by atomic mass is 15.2. The molecular weight excluding hydrogens is 398 g/mol. The van der Waals surface area contributed by atoms with Gasteiger partial charge in [0.1, 0.15) is 5.52 Å². The summed E-state index contributed by atoms with van der Waals surface area (Å²) in [7, 11) is 0. The van der Waals surface area contributed by atoms with Gasteiger partial charge < -0.3 is 15.6 Å². The van der Waals surface area contributed by atoms with Gasteiger partial charge in [-0.3, -0.25) is 0 Å². The van der Waals surface area contributed by atoms with Crippen LogP contribution in [0.25, 0.3) is 17.2 Å². The molecule has 1 aliphatic rings. The van der Waals surface area contributed by atoms with E-state index in [9.17, 15) is 0 Å². The van der Waals surface area contributed by atoms with Crippen LogP contribution in [-0.2, 0) is 12.8 Å². The molecule has 1 aliphatic carbocycles. The molecule has 0 saturated heterocycles. The molecule has 2 aromatic carbocycles. The zero-order valence-corrected chi connectivity index (χ0v) is 18.0. The number of nitriles is 1. The third kappa shape index (κ3) is 3.79. The summed E-state index contributed by atoms with van der Waals surface area (Å²) in [5, 5.41) is 15.6. The van der Waals surface area contributed by atoms with Crippen molar-refractivity contribution in [2.45, 2.75) is 33.1 Å². The van der Waals surface area contributed by atoms with Gasteiger partial charge in [-0.15, -0.1) is 0 Å².